The SMILES string of the molecule is Cc1ccc(NC(=O)CC2CCCS2(=O)=O)c(F)c1. The van der Waals surface area contributed by atoms with Gasteiger partial charge in [0.1, 0.15) is 5.82 Å². The van der Waals surface area contributed by atoms with Crippen LogP contribution in [0.2, 0.25) is 0 Å². The fourth-order valence-electron chi connectivity index (χ4n) is 2.22. The number of nitrogens with one attached hydrogen (secondary N) is 1. The van der Waals surface area contributed by atoms with Crippen LogP contribution in [0.1, 0.15) is 24.8 Å². The van der Waals surface area contributed by atoms with Gasteiger partial charge in [0.15, 0.2) is 9.84 Å². The van der Waals surface area contributed by atoms with E-state index in [2.05, 4.69) is 5.32 Å². The summed E-state index contributed by atoms with van der Waals surface area (Å²) in [5.74, 6) is -0.829. The summed E-state index contributed by atoms with van der Waals surface area (Å²) in [6.45, 7) is 1.75. The highest BCUT2D eigenvalue weighted by atomic mass is 32.2. The highest BCUT2D eigenvalue weighted by molar-refractivity contribution is 7.92. The molecule has 19 heavy (non-hydrogen) atoms. The van der Waals surface area contributed by atoms with Crippen molar-refractivity contribution in [3.8, 4) is 0 Å². The van der Waals surface area contributed by atoms with Gasteiger partial charge in [0.2, 0.25) is 5.91 Å². The number of hydrogen-bond acceptors (Lipinski definition) is 3. The second kappa shape index (κ2) is 5.28. The molecule has 1 aliphatic heterocycles. The lowest BCUT2D eigenvalue weighted by Gasteiger charge is -2.10. The molecular formula is C13H16FNO3S. The average Bonchev–Trinajstić information content (AvgIpc) is 2.62. The van der Waals surface area contributed by atoms with Crippen LogP contribution < -0.4 is 5.32 Å². The molecule has 1 atom stereocenters. The number of aryl methyl sites for hydroxylation is 1. The van der Waals surface area contributed by atoms with E-state index in [0.717, 1.165) is 5.56 Å². The highest BCUT2D eigenvalue weighted by Gasteiger charge is 2.32. The number of benzene rings is 1. The highest BCUT2D eigenvalue weighted by Crippen LogP contribution is 2.23. The van der Waals surface area contributed by atoms with E-state index in [4.69, 9.17) is 0 Å². The van der Waals surface area contributed by atoms with E-state index in [1.165, 1.54) is 12.1 Å². The van der Waals surface area contributed by atoms with Crippen molar-refractivity contribution in [1.29, 1.82) is 0 Å². The van der Waals surface area contributed by atoms with Gasteiger partial charge in [0.25, 0.3) is 0 Å². The fraction of sp³-hybridized carbons (Fsp3) is 0.462. The first-order valence-electron chi connectivity index (χ1n) is 6.16. The quantitative estimate of drug-likeness (QED) is 0.924. The minimum atomic E-state index is -3.15. The van der Waals surface area contributed by atoms with Crippen molar-refractivity contribution in [3.05, 3.63) is 29.6 Å². The zero-order chi connectivity index (χ0) is 14.0. The molecule has 1 N–H and O–H groups in total. The molecule has 0 aromatic heterocycles. The molecule has 0 aliphatic carbocycles. The Kier molecular flexibility index (Phi) is 3.89. The minimum absolute atomic E-state index is 0.0889. The van der Waals surface area contributed by atoms with Gasteiger partial charge in [0, 0.05) is 6.42 Å². The Bertz CT molecular complexity index is 598. The van der Waals surface area contributed by atoms with Gasteiger partial charge >= 0.3 is 0 Å². The maximum absolute atomic E-state index is 13.5. The van der Waals surface area contributed by atoms with E-state index in [1.807, 2.05) is 0 Å². The van der Waals surface area contributed by atoms with E-state index in [-0.39, 0.29) is 17.9 Å². The molecule has 2 rings (SSSR count). The van der Waals surface area contributed by atoms with Crippen LogP contribution in [-0.4, -0.2) is 25.3 Å². The average molecular weight is 285 g/mol. The Morgan fingerprint density at radius 2 is 2.21 bits per heavy atom. The zero-order valence-electron chi connectivity index (χ0n) is 10.6. The van der Waals surface area contributed by atoms with Gasteiger partial charge in [-0.05, 0) is 37.5 Å². The lowest BCUT2D eigenvalue weighted by molar-refractivity contribution is -0.116. The Balaban J connectivity index is 2.02. The standard InChI is InChI=1S/C13H16FNO3S/c1-9-4-5-12(11(14)7-9)15-13(16)8-10-3-2-6-19(10,17)18/h4-5,7,10H,2-3,6,8H2,1H3,(H,15,16). The van der Waals surface area contributed by atoms with Crippen LogP contribution in [0.4, 0.5) is 10.1 Å². The first-order valence-corrected chi connectivity index (χ1v) is 7.87. The number of halogens is 1. The van der Waals surface area contributed by atoms with Crippen LogP contribution in [0.25, 0.3) is 0 Å². The molecule has 1 amide bonds. The lowest BCUT2D eigenvalue weighted by atomic mass is 10.2. The maximum Gasteiger partial charge on any atom is 0.225 e. The molecule has 0 spiro atoms. The predicted octanol–water partition coefficient (Wildman–Crippen LogP) is 2.04. The number of anilines is 1. The van der Waals surface area contributed by atoms with Crippen molar-refractivity contribution in [3.63, 3.8) is 0 Å². The molecule has 1 aromatic carbocycles. The topological polar surface area (TPSA) is 63.2 Å². The van der Waals surface area contributed by atoms with Crippen molar-refractivity contribution in [2.45, 2.75) is 31.4 Å². The van der Waals surface area contributed by atoms with Crippen molar-refractivity contribution in [1.82, 2.24) is 0 Å². The summed E-state index contributed by atoms with van der Waals surface area (Å²) >= 11 is 0. The molecule has 1 unspecified atom stereocenters. The van der Waals surface area contributed by atoms with Crippen molar-refractivity contribution < 1.29 is 17.6 Å². The first kappa shape index (κ1) is 14.0. The number of sulfone groups is 1. The van der Waals surface area contributed by atoms with Crippen LogP contribution in [0.5, 0.6) is 0 Å². The molecule has 0 saturated carbocycles. The van der Waals surface area contributed by atoms with Crippen LogP contribution in [0.15, 0.2) is 18.2 Å². The minimum Gasteiger partial charge on any atom is -0.324 e. The van der Waals surface area contributed by atoms with E-state index >= 15 is 0 Å². The lowest BCUT2D eigenvalue weighted by Crippen LogP contribution is -2.24. The van der Waals surface area contributed by atoms with E-state index < -0.39 is 26.8 Å². The number of carbonyl (C=O) groups excluding carboxylic acids is 1. The Morgan fingerprint density at radius 3 is 2.79 bits per heavy atom. The summed E-state index contributed by atoms with van der Waals surface area (Å²) in [6.07, 6.45) is 1.00. The summed E-state index contributed by atoms with van der Waals surface area (Å²) in [6, 6.07) is 4.48. The maximum atomic E-state index is 13.5. The molecule has 104 valence electrons. The van der Waals surface area contributed by atoms with Gasteiger partial charge in [-0.3, -0.25) is 4.79 Å². The molecule has 4 nitrogen and oxygen atoms in total. The third kappa shape index (κ3) is 3.32. The molecule has 1 aromatic rings. The zero-order valence-corrected chi connectivity index (χ0v) is 11.5. The third-order valence-corrected chi connectivity index (χ3v) is 5.55. The summed E-state index contributed by atoms with van der Waals surface area (Å²) in [5.41, 5.74) is 0.847. The normalized spacial score (nSPS) is 21.3. The molecule has 1 fully saturated rings. The second-order valence-electron chi connectivity index (χ2n) is 4.87. The van der Waals surface area contributed by atoms with Gasteiger partial charge in [0.05, 0.1) is 16.7 Å². The van der Waals surface area contributed by atoms with Crippen molar-refractivity contribution in [2.75, 3.05) is 11.1 Å². The first-order chi connectivity index (χ1) is 8.88. The Labute approximate surface area is 111 Å². The van der Waals surface area contributed by atoms with E-state index in [0.29, 0.717) is 12.8 Å². The molecular weight excluding hydrogens is 269 g/mol. The van der Waals surface area contributed by atoms with Crippen LogP contribution in [0, 0.1) is 12.7 Å². The van der Waals surface area contributed by atoms with Crippen LogP contribution >= 0.6 is 0 Å². The van der Waals surface area contributed by atoms with Crippen molar-refractivity contribution in [2.24, 2.45) is 0 Å². The van der Waals surface area contributed by atoms with Gasteiger partial charge in [-0.2, -0.15) is 0 Å². The smallest absolute Gasteiger partial charge is 0.225 e. The molecule has 1 heterocycles. The summed E-state index contributed by atoms with van der Waals surface area (Å²) in [7, 11) is -3.15. The molecule has 1 saturated heterocycles. The number of rotatable bonds is 3. The third-order valence-electron chi connectivity index (χ3n) is 3.27. The van der Waals surface area contributed by atoms with Crippen molar-refractivity contribution >= 4 is 21.4 Å². The summed E-state index contributed by atoms with van der Waals surface area (Å²) in [5, 5.41) is 1.80. The number of carbonyl (C=O) groups is 1. The Morgan fingerprint density at radius 1 is 1.47 bits per heavy atom. The van der Waals surface area contributed by atoms with Gasteiger partial charge in [-0.1, -0.05) is 6.07 Å². The molecule has 1 aliphatic rings. The summed E-state index contributed by atoms with van der Waals surface area (Å²) in [4.78, 5) is 11.8. The number of hydrogen-bond donors (Lipinski definition) is 1. The van der Waals surface area contributed by atoms with Crippen LogP contribution in [-0.2, 0) is 14.6 Å². The summed E-state index contributed by atoms with van der Waals surface area (Å²) < 4.78 is 36.8. The van der Waals surface area contributed by atoms with E-state index in [1.54, 1.807) is 13.0 Å². The van der Waals surface area contributed by atoms with Crippen LogP contribution in [0.3, 0.4) is 0 Å². The molecule has 6 heteroatoms. The van der Waals surface area contributed by atoms with Gasteiger partial charge < -0.3 is 5.32 Å². The molecule has 0 bridgehead atoms. The number of amides is 1. The van der Waals surface area contributed by atoms with E-state index in [9.17, 15) is 17.6 Å². The Hall–Kier alpha value is -1.43. The fourth-order valence-corrected chi connectivity index (χ4v) is 4.05. The second-order valence-corrected chi connectivity index (χ2v) is 7.27. The largest absolute Gasteiger partial charge is 0.324 e. The monoisotopic (exact) mass is 285 g/mol. The van der Waals surface area contributed by atoms with Gasteiger partial charge in [-0.25, -0.2) is 12.8 Å². The van der Waals surface area contributed by atoms with Gasteiger partial charge in [-0.15, -0.1) is 0 Å². The predicted molar refractivity (Wildman–Crippen MR) is 71.2 cm³/mol. The molecule has 0 radical (unpaired) electrons.